The summed E-state index contributed by atoms with van der Waals surface area (Å²) in [6.45, 7) is 2.55. The fourth-order valence-electron chi connectivity index (χ4n) is 2.47. The Balaban J connectivity index is 1.99. The molecule has 0 saturated heterocycles. The van der Waals surface area contributed by atoms with Crippen LogP contribution in [-0.4, -0.2) is 25.4 Å². The molecule has 3 rings (SSSR count). The van der Waals surface area contributed by atoms with E-state index in [9.17, 15) is 8.42 Å². The third-order valence-corrected chi connectivity index (χ3v) is 5.32. The van der Waals surface area contributed by atoms with Gasteiger partial charge in [0, 0.05) is 12.1 Å². The van der Waals surface area contributed by atoms with E-state index in [1.807, 2.05) is 37.3 Å². The molecule has 0 saturated carbocycles. The molecule has 1 atom stereocenters. The molecule has 1 aliphatic rings. The molecular formula is C16H17NO3S. The Labute approximate surface area is 125 Å². The van der Waals surface area contributed by atoms with Crippen molar-refractivity contribution < 1.29 is 13.2 Å². The topological polar surface area (TPSA) is 46.6 Å². The lowest BCUT2D eigenvalue weighted by molar-refractivity contribution is 0.201. The molecular weight excluding hydrogens is 286 g/mol. The lowest BCUT2D eigenvalue weighted by Crippen LogP contribution is -2.36. The van der Waals surface area contributed by atoms with Crippen molar-refractivity contribution in [1.29, 1.82) is 0 Å². The van der Waals surface area contributed by atoms with Gasteiger partial charge >= 0.3 is 0 Å². The van der Waals surface area contributed by atoms with Crippen LogP contribution in [0.4, 0.5) is 0 Å². The summed E-state index contributed by atoms with van der Waals surface area (Å²) >= 11 is 0. The number of fused-ring (bicyclic) bond motifs is 1. The Hall–Kier alpha value is -1.85. The molecule has 1 aliphatic heterocycles. The van der Waals surface area contributed by atoms with Crippen LogP contribution < -0.4 is 4.74 Å². The molecule has 1 unspecified atom stereocenters. The molecule has 2 aromatic rings. The van der Waals surface area contributed by atoms with Crippen molar-refractivity contribution >= 4 is 10.0 Å². The largest absolute Gasteiger partial charge is 0.489 e. The van der Waals surface area contributed by atoms with Gasteiger partial charge in [0.15, 0.2) is 0 Å². The highest BCUT2D eigenvalue weighted by atomic mass is 32.2. The zero-order chi connectivity index (χ0) is 14.9. The van der Waals surface area contributed by atoms with Crippen molar-refractivity contribution in [2.75, 3.05) is 6.54 Å². The van der Waals surface area contributed by atoms with Crippen LogP contribution in [0.3, 0.4) is 0 Å². The van der Waals surface area contributed by atoms with Crippen molar-refractivity contribution in [3.8, 4) is 5.75 Å². The third-order valence-electron chi connectivity index (χ3n) is 3.49. The minimum absolute atomic E-state index is 0.188. The monoisotopic (exact) mass is 303 g/mol. The second-order valence-electron chi connectivity index (χ2n) is 5.15. The van der Waals surface area contributed by atoms with Gasteiger partial charge in [-0.15, -0.1) is 0 Å². The summed E-state index contributed by atoms with van der Waals surface area (Å²) < 4.78 is 32.8. The van der Waals surface area contributed by atoms with Crippen LogP contribution in [0, 0.1) is 0 Å². The van der Waals surface area contributed by atoms with Crippen LogP contribution in [0.5, 0.6) is 5.75 Å². The summed E-state index contributed by atoms with van der Waals surface area (Å²) in [5.41, 5.74) is 0.890. The molecule has 4 nitrogen and oxygen atoms in total. The molecule has 0 amide bonds. The number of hydrogen-bond acceptors (Lipinski definition) is 3. The Kier molecular flexibility index (Phi) is 3.69. The number of ether oxygens (including phenoxy) is 1. The van der Waals surface area contributed by atoms with E-state index in [4.69, 9.17) is 4.74 Å². The standard InChI is InChI=1S/C16H17NO3S/c1-13-11-17(12-14-7-5-6-10-16(14)20-13)21(18,19)15-8-3-2-4-9-15/h2-10,13H,11-12H2,1H3. The molecule has 5 heteroatoms. The lowest BCUT2D eigenvalue weighted by atomic mass is 10.2. The Morgan fingerprint density at radius 1 is 1.05 bits per heavy atom. The molecule has 2 aromatic carbocycles. The van der Waals surface area contributed by atoms with Crippen LogP contribution in [0.1, 0.15) is 12.5 Å². The average Bonchev–Trinajstić information content (AvgIpc) is 2.66. The normalized spacial score (nSPS) is 19.4. The zero-order valence-electron chi connectivity index (χ0n) is 11.8. The Morgan fingerprint density at radius 2 is 1.71 bits per heavy atom. The van der Waals surface area contributed by atoms with Crippen molar-refractivity contribution in [3.05, 3.63) is 60.2 Å². The molecule has 0 fully saturated rings. The number of benzene rings is 2. The summed E-state index contributed by atoms with van der Waals surface area (Å²) in [5, 5.41) is 0. The number of para-hydroxylation sites is 1. The van der Waals surface area contributed by atoms with E-state index in [-0.39, 0.29) is 6.10 Å². The van der Waals surface area contributed by atoms with Crippen LogP contribution in [0.15, 0.2) is 59.5 Å². The van der Waals surface area contributed by atoms with E-state index in [1.165, 1.54) is 4.31 Å². The summed E-state index contributed by atoms with van der Waals surface area (Å²) in [7, 11) is -3.51. The van der Waals surface area contributed by atoms with E-state index in [2.05, 4.69) is 0 Å². The van der Waals surface area contributed by atoms with Gasteiger partial charge in [-0.1, -0.05) is 36.4 Å². The maximum absolute atomic E-state index is 12.8. The van der Waals surface area contributed by atoms with Gasteiger partial charge in [0.05, 0.1) is 11.4 Å². The highest BCUT2D eigenvalue weighted by Crippen LogP contribution is 2.28. The molecule has 0 spiro atoms. The summed E-state index contributed by atoms with van der Waals surface area (Å²) in [6.07, 6.45) is -0.188. The predicted molar refractivity (Wildman–Crippen MR) is 80.6 cm³/mol. The molecule has 0 bridgehead atoms. The summed E-state index contributed by atoms with van der Waals surface area (Å²) in [4.78, 5) is 0.316. The van der Waals surface area contributed by atoms with Crippen LogP contribution >= 0.6 is 0 Å². The number of hydrogen-bond donors (Lipinski definition) is 0. The summed E-state index contributed by atoms with van der Waals surface area (Å²) in [5.74, 6) is 0.760. The van der Waals surface area contributed by atoms with E-state index in [0.717, 1.165) is 11.3 Å². The highest BCUT2D eigenvalue weighted by molar-refractivity contribution is 7.89. The van der Waals surface area contributed by atoms with E-state index in [0.29, 0.717) is 18.0 Å². The van der Waals surface area contributed by atoms with Crippen molar-refractivity contribution in [1.82, 2.24) is 4.31 Å². The second kappa shape index (κ2) is 5.50. The van der Waals surface area contributed by atoms with E-state index in [1.54, 1.807) is 24.3 Å². The number of rotatable bonds is 2. The zero-order valence-corrected chi connectivity index (χ0v) is 12.6. The molecule has 0 aromatic heterocycles. The minimum Gasteiger partial charge on any atom is -0.489 e. The number of nitrogens with zero attached hydrogens (tertiary/aromatic N) is 1. The van der Waals surface area contributed by atoms with Gasteiger partial charge < -0.3 is 4.74 Å². The minimum atomic E-state index is -3.51. The SMILES string of the molecule is CC1CN(S(=O)(=O)c2ccccc2)Cc2ccccc2O1. The molecule has 110 valence electrons. The van der Waals surface area contributed by atoms with Crippen LogP contribution in [0.2, 0.25) is 0 Å². The molecule has 0 aliphatic carbocycles. The molecule has 0 radical (unpaired) electrons. The van der Waals surface area contributed by atoms with Gasteiger partial charge in [-0.05, 0) is 25.1 Å². The first kappa shape index (κ1) is 14.1. The quantitative estimate of drug-likeness (QED) is 0.857. The predicted octanol–water partition coefficient (Wildman–Crippen LogP) is 2.66. The fraction of sp³-hybridized carbons (Fsp3) is 0.250. The van der Waals surface area contributed by atoms with Gasteiger partial charge in [-0.3, -0.25) is 0 Å². The van der Waals surface area contributed by atoms with Gasteiger partial charge in [-0.25, -0.2) is 8.42 Å². The van der Waals surface area contributed by atoms with E-state index < -0.39 is 10.0 Å². The third kappa shape index (κ3) is 2.80. The maximum Gasteiger partial charge on any atom is 0.243 e. The first-order chi connectivity index (χ1) is 10.1. The smallest absolute Gasteiger partial charge is 0.243 e. The van der Waals surface area contributed by atoms with Gasteiger partial charge in [-0.2, -0.15) is 4.31 Å². The highest BCUT2D eigenvalue weighted by Gasteiger charge is 2.29. The first-order valence-electron chi connectivity index (χ1n) is 6.87. The first-order valence-corrected chi connectivity index (χ1v) is 8.31. The van der Waals surface area contributed by atoms with Crippen LogP contribution in [0.25, 0.3) is 0 Å². The maximum atomic E-state index is 12.8. The average molecular weight is 303 g/mol. The Morgan fingerprint density at radius 3 is 2.48 bits per heavy atom. The molecule has 21 heavy (non-hydrogen) atoms. The van der Waals surface area contributed by atoms with Gasteiger partial charge in [0.1, 0.15) is 11.9 Å². The van der Waals surface area contributed by atoms with Crippen molar-refractivity contribution in [2.45, 2.75) is 24.5 Å². The van der Waals surface area contributed by atoms with Gasteiger partial charge in [0.2, 0.25) is 10.0 Å². The summed E-state index contributed by atoms with van der Waals surface area (Å²) in [6, 6.07) is 16.1. The van der Waals surface area contributed by atoms with Crippen molar-refractivity contribution in [3.63, 3.8) is 0 Å². The second-order valence-corrected chi connectivity index (χ2v) is 7.08. The van der Waals surface area contributed by atoms with Gasteiger partial charge in [0.25, 0.3) is 0 Å². The van der Waals surface area contributed by atoms with Crippen molar-refractivity contribution in [2.24, 2.45) is 0 Å². The lowest BCUT2D eigenvalue weighted by Gasteiger charge is -2.21. The fourth-order valence-corrected chi connectivity index (χ4v) is 3.98. The molecule has 0 N–H and O–H groups in total. The molecule has 1 heterocycles. The van der Waals surface area contributed by atoms with Crippen LogP contribution in [-0.2, 0) is 16.6 Å². The van der Waals surface area contributed by atoms with E-state index >= 15 is 0 Å². The Bertz CT molecular complexity index is 728. The number of sulfonamides is 1.